The van der Waals surface area contributed by atoms with E-state index in [0.717, 1.165) is 25.5 Å². The van der Waals surface area contributed by atoms with Crippen LogP contribution in [0.1, 0.15) is 39.0 Å². The Morgan fingerprint density at radius 1 is 1.27 bits per heavy atom. The Bertz CT molecular complexity index is 264. The molecular formula is C11H16O4. The molecule has 0 aromatic heterocycles. The first kappa shape index (κ1) is 11.8. The molecule has 15 heavy (non-hydrogen) atoms. The van der Waals surface area contributed by atoms with Crippen LogP contribution in [0.2, 0.25) is 0 Å². The fraction of sp³-hybridized carbons (Fsp3) is 0.636. The third-order valence-electron chi connectivity index (χ3n) is 2.56. The Morgan fingerprint density at radius 3 is 2.33 bits per heavy atom. The monoisotopic (exact) mass is 212 g/mol. The summed E-state index contributed by atoms with van der Waals surface area (Å²) in [4.78, 5) is 22.7. The zero-order chi connectivity index (χ0) is 11.3. The molecule has 0 aromatic carbocycles. The van der Waals surface area contributed by atoms with Gasteiger partial charge < -0.3 is 9.47 Å². The predicted octanol–water partition coefficient (Wildman–Crippen LogP) is 1.94. The number of ether oxygens (including phenoxy) is 2. The average molecular weight is 212 g/mol. The van der Waals surface area contributed by atoms with Crippen molar-refractivity contribution < 1.29 is 19.1 Å². The quantitative estimate of drug-likeness (QED) is 0.530. The molecule has 4 heteroatoms. The molecule has 0 bridgehead atoms. The Kier molecular flexibility index (Phi) is 3.88. The fourth-order valence-electron chi connectivity index (χ4n) is 1.93. The topological polar surface area (TPSA) is 52.6 Å². The molecule has 0 heterocycles. The number of esters is 2. The van der Waals surface area contributed by atoms with Gasteiger partial charge in [0.25, 0.3) is 0 Å². The summed E-state index contributed by atoms with van der Waals surface area (Å²) >= 11 is 0. The van der Waals surface area contributed by atoms with Crippen LogP contribution in [0.15, 0.2) is 12.8 Å². The van der Waals surface area contributed by atoms with Gasteiger partial charge in [0.2, 0.25) is 5.60 Å². The molecule has 0 N–H and O–H groups in total. The van der Waals surface area contributed by atoms with Gasteiger partial charge in [0.05, 0.1) is 6.26 Å². The third kappa shape index (κ3) is 2.81. The number of carbonyl (C=O) groups is 2. The smallest absolute Gasteiger partial charge is 0.355 e. The first-order chi connectivity index (χ1) is 7.10. The summed E-state index contributed by atoms with van der Waals surface area (Å²) in [6.45, 7) is 4.63. The summed E-state index contributed by atoms with van der Waals surface area (Å²) in [7, 11) is 0. The maximum Gasteiger partial charge on any atom is 0.355 e. The summed E-state index contributed by atoms with van der Waals surface area (Å²) in [6, 6.07) is 0. The van der Waals surface area contributed by atoms with Gasteiger partial charge in [-0.25, -0.2) is 4.79 Å². The lowest BCUT2D eigenvalue weighted by Gasteiger charge is -2.33. The SMILES string of the molecule is C=COC(=O)C1(OC(C)=O)CCCCC1. The lowest BCUT2D eigenvalue weighted by molar-refractivity contribution is -0.181. The van der Waals surface area contributed by atoms with Gasteiger partial charge in [-0.2, -0.15) is 0 Å². The van der Waals surface area contributed by atoms with Crippen molar-refractivity contribution in [2.24, 2.45) is 0 Å². The Morgan fingerprint density at radius 2 is 1.87 bits per heavy atom. The van der Waals surface area contributed by atoms with Crippen molar-refractivity contribution in [3.05, 3.63) is 12.8 Å². The van der Waals surface area contributed by atoms with Gasteiger partial charge in [0.15, 0.2) is 0 Å². The summed E-state index contributed by atoms with van der Waals surface area (Å²) in [6.07, 6.45) is 4.96. The highest BCUT2D eigenvalue weighted by Gasteiger charge is 2.44. The van der Waals surface area contributed by atoms with E-state index in [2.05, 4.69) is 6.58 Å². The molecule has 1 fully saturated rings. The van der Waals surface area contributed by atoms with Gasteiger partial charge >= 0.3 is 11.9 Å². The van der Waals surface area contributed by atoms with E-state index >= 15 is 0 Å². The standard InChI is InChI=1S/C11H16O4/c1-3-14-10(13)11(15-9(2)12)7-5-4-6-8-11/h3H,1,4-8H2,2H3. The number of rotatable bonds is 3. The van der Waals surface area contributed by atoms with Gasteiger partial charge in [-0.15, -0.1) is 0 Å². The van der Waals surface area contributed by atoms with E-state index in [1.54, 1.807) is 0 Å². The van der Waals surface area contributed by atoms with Crippen molar-refractivity contribution in [2.75, 3.05) is 0 Å². The highest BCUT2D eigenvalue weighted by Crippen LogP contribution is 2.33. The van der Waals surface area contributed by atoms with E-state index < -0.39 is 17.5 Å². The second-order valence-corrected chi connectivity index (χ2v) is 3.72. The lowest BCUT2D eigenvalue weighted by Crippen LogP contribution is -2.45. The summed E-state index contributed by atoms with van der Waals surface area (Å²) in [5.74, 6) is -0.953. The van der Waals surface area contributed by atoms with E-state index in [1.165, 1.54) is 6.92 Å². The van der Waals surface area contributed by atoms with Crippen LogP contribution in [0, 0.1) is 0 Å². The summed E-state index contributed by atoms with van der Waals surface area (Å²) in [5.41, 5.74) is -1.07. The third-order valence-corrected chi connectivity index (χ3v) is 2.56. The molecule has 4 nitrogen and oxygen atoms in total. The number of carbonyl (C=O) groups excluding carboxylic acids is 2. The van der Waals surface area contributed by atoms with E-state index in [0.29, 0.717) is 12.8 Å². The maximum atomic E-state index is 11.7. The summed E-state index contributed by atoms with van der Waals surface area (Å²) in [5, 5.41) is 0. The molecule has 0 radical (unpaired) electrons. The van der Waals surface area contributed by atoms with E-state index in [-0.39, 0.29) is 0 Å². The van der Waals surface area contributed by atoms with Crippen molar-refractivity contribution in [3.63, 3.8) is 0 Å². The lowest BCUT2D eigenvalue weighted by atomic mass is 9.84. The van der Waals surface area contributed by atoms with Crippen molar-refractivity contribution in [2.45, 2.75) is 44.6 Å². The first-order valence-corrected chi connectivity index (χ1v) is 5.12. The Balaban J connectivity index is 2.78. The molecule has 0 unspecified atom stereocenters. The van der Waals surface area contributed by atoms with Crippen LogP contribution in [0.4, 0.5) is 0 Å². The van der Waals surface area contributed by atoms with Crippen molar-refractivity contribution >= 4 is 11.9 Å². The molecule has 0 aliphatic heterocycles. The molecule has 0 spiro atoms. The largest absolute Gasteiger partial charge is 0.447 e. The molecular weight excluding hydrogens is 196 g/mol. The van der Waals surface area contributed by atoms with E-state index in [9.17, 15) is 9.59 Å². The zero-order valence-corrected chi connectivity index (χ0v) is 8.95. The minimum Gasteiger partial charge on any atom is -0.447 e. The number of hydrogen-bond acceptors (Lipinski definition) is 4. The van der Waals surface area contributed by atoms with Gasteiger partial charge in [-0.05, 0) is 25.7 Å². The Labute approximate surface area is 89.2 Å². The average Bonchev–Trinajstić information content (AvgIpc) is 2.18. The molecule has 1 aliphatic carbocycles. The van der Waals surface area contributed by atoms with Gasteiger partial charge in [0, 0.05) is 6.92 Å². The van der Waals surface area contributed by atoms with Gasteiger partial charge in [-0.3, -0.25) is 4.79 Å². The van der Waals surface area contributed by atoms with Crippen LogP contribution in [0.5, 0.6) is 0 Å². The molecule has 0 amide bonds. The van der Waals surface area contributed by atoms with Crippen LogP contribution in [0.25, 0.3) is 0 Å². The highest BCUT2D eigenvalue weighted by molar-refractivity contribution is 5.83. The second kappa shape index (κ2) is 4.96. The van der Waals surface area contributed by atoms with Crippen LogP contribution >= 0.6 is 0 Å². The van der Waals surface area contributed by atoms with E-state index in [4.69, 9.17) is 9.47 Å². The maximum absolute atomic E-state index is 11.7. The molecule has 0 aromatic rings. The van der Waals surface area contributed by atoms with E-state index in [1.807, 2.05) is 0 Å². The van der Waals surface area contributed by atoms with Crippen LogP contribution in [-0.4, -0.2) is 17.5 Å². The van der Waals surface area contributed by atoms with Crippen LogP contribution < -0.4 is 0 Å². The first-order valence-electron chi connectivity index (χ1n) is 5.12. The van der Waals surface area contributed by atoms with Crippen LogP contribution in [0.3, 0.4) is 0 Å². The molecule has 84 valence electrons. The highest BCUT2D eigenvalue weighted by atomic mass is 16.6. The van der Waals surface area contributed by atoms with Crippen molar-refractivity contribution in [1.29, 1.82) is 0 Å². The minimum absolute atomic E-state index is 0.446. The van der Waals surface area contributed by atoms with Crippen molar-refractivity contribution in [1.82, 2.24) is 0 Å². The molecule has 1 rings (SSSR count). The molecule has 1 aliphatic rings. The van der Waals surface area contributed by atoms with Crippen molar-refractivity contribution in [3.8, 4) is 0 Å². The zero-order valence-electron chi connectivity index (χ0n) is 8.95. The molecule has 1 saturated carbocycles. The normalized spacial score (nSPS) is 19.0. The predicted molar refractivity (Wildman–Crippen MR) is 53.9 cm³/mol. The Hall–Kier alpha value is -1.32. The number of hydrogen-bond donors (Lipinski definition) is 0. The fourth-order valence-corrected chi connectivity index (χ4v) is 1.93. The van der Waals surface area contributed by atoms with Gasteiger partial charge in [-0.1, -0.05) is 13.0 Å². The summed E-state index contributed by atoms with van der Waals surface area (Å²) < 4.78 is 9.87. The van der Waals surface area contributed by atoms with Crippen LogP contribution in [-0.2, 0) is 19.1 Å². The molecule has 0 atom stereocenters. The van der Waals surface area contributed by atoms with Gasteiger partial charge in [0.1, 0.15) is 0 Å². The molecule has 0 saturated heterocycles. The second-order valence-electron chi connectivity index (χ2n) is 3.72. The minimum atomic E-state index is -1.07.